The van der Waals surface area contributed by atoms with Gasteiger partial charge in [0.15, 0.2) is 0 Å². The molecule has 0 spiro atoms. The molecule has 0 unspecified atom stereocenters. The zero-order valence-corrected chi connectivity index (χ0v) is 15.2. The first-order valence-corrected chi connectivity index (χ1v) is 12.5. The number of hydrogen-bond acceptors (Lipinski definition) is 3. The first-order chi connectivity index (χ1) is 8.51. The van der Waals surface area contributed by atoms with Crippen LogP contribution in [0.25, 0.3) is 0 Å². The summed E-state index contributed by atoms with van der Waals surface area (Å²) in [4.78, 5) is 0. The van der Waals surface area contributed by atoms with E-state index in [4.69, 9.17) is 13.3 Å². The lowest BCUT2D eigenvalue weighted by Crippen LogP contribution is -2.47. The summed E-state index contributed by atoms with van der Waals surface area (Å²) in [6, 6.07) is 4.91. The lowest BCUT2D eigenvalue weighted by Gasteiger charge is -2.32. The standard InChI is InChI=1S/C13H32O3Si2/c1-7-14-18(15-8-2,16-9-3)13-12-17(6,10-4)11-5/h7-13H2,1-6H3. The molecule has 0 aromatic heterocycles. The van der Waals surface area contributed by atoms with Crippen molar-refractivity contribution < 1.29 is 13.3 Å². The molecule has 0 aliphatic heterocycles. The van der Waals surface area contributed by atoms with E-state index in [-0.39, 0.29) is 0 Å². The Morgan fingerprint density at radius 2 is 1.06 bits per heavy atom. The maximum absolute atomic E-state index is 5.91. The molecule has 0 atom stereocenters. The second kappa shape index (κ2) is 9.25. The average Bonchev–Trinajstić information content (AvgIpc) is 2.37. The first-order valence-electron chi connectivity index (χ1n) is 7.43. The SMILES string of the molecule is CCO[Si](CC[Si](C)(CC)CC)(OCC)OCC. The van der Waals surface area contributed by atoms with E-state index in [0.717, 1.165) is 6.04 Å². The molecule has 5 heteroatoms. The van der Waals surface area contributed by atoms with E-state index in [1.54, 1.807) is 0 Å². The van der Waals surface area contributed by atoms with Gasteiger partial charge in [-0.05, 0) is 20.8 Å². The molecule has 18 heavy (non-hydrogen) atoms. The Bertz CT molecular complexity index is 191. The van der Waals surface area contributed by atoms with Gasteiger partial charge in [0.1, 0.15) is 0 Å². The fourth-order valence-electron chi connectivity index (χ4n) is 2.06. The first kappa shape index (κ1) is 18.3. The molecule has 110 valence electrons. The Morgan fingerprint density at radius 3 is 1.33 bits per heavy atom. The molecule has 0 aromatic carbocycles. The van der Waals surface area contributed by atoms with Crippen LogP contribution in [0.15, 0.2) is 0 Å². The highest BCUT2D eigenvalue weighted by Crippen LogP contribution is 2.28. The Hall–Kier alpha value is 0.314. The molecular formula is C13H32O3Si2. The van der Waals surface area contributed by atoms with Gasteiger partial charge in [-0.2, -0.15) is 0 Å². The van der Waals surface area contributed by atoms with Gasteiger partial charge in [0.2, 0.25) is 0 Å². The van der Waals surface area contributed by atoms with Gasteiger partial charge >= 0.3 is 8.80 Å². The van der Waals surface area contributed by atoms with Crippen molar-refractivity contribution in [1.29, 1.82) is 0 Å². The molecule has 0 radical (unpaired) electrons. The highest BCUT2D eigenvalue weighted by Gasteiger charge is 2.42. The van der Waals surface area contributed by atoms with Crippen LogP contribution in [0.4, 0.5) is 0 Å². The van der Waals surface area contributed by atoms with E-state index < -0.39 is 16.9 Å². The zero-order valence-electron chi connectivity index (χ0n) is 13.2. The van der Waals surface area contributed by atoms with Crippen LogP contribution in [-0.2, 0) is 13.3 Å². The van der Waals surface area contributed by atoms with Gasteiger partial charge in [-0.1, -0.05) is 38.5 Å². The van der Waals surface area contributed by atoms with Crippen molar-refractivity contribution in [1.82, 2.24) is 0 Å². The molecule has 0 fully saturated rings. The highest BCUT2D eigenvalue weighted by atomic mass is 28.4. The maximum atomic E-state index is 5.91. The third-order valence-electron chi connectivity index (χ3n) is 3.83. The van der Waals surface area contributed by atoms with E-state index in [1.165, 1.54) is 18.1 Å². The van der Waals surface area contributed by atoms with Crippen LogP contribution in [0.2, 0.25) is 30.7 Å². The number of rotatable bonds is 11. The van der Waals surface area contributed by atoms with E-state index >= 15 is 0 Å². The van der Waals surface area contributed by atoms with Crippen molar-refractivity contribution in [2.75, 3.05) is 19.8 Å². The Morgan fingerprint density at radius 1 is 0.667 bits per heavy atom. The van der Waals surface area contributed by atoms with Crippen LogP contribution in [0.5, 0.6) is 0 Å². The van der Waals surface area contributed by atoms with Crippen LogP contribution >= 0.6 is 0 Å². The predicted molar refractivity (Wildman–Crippen MR) is 82.8 cm³/mol. The molecule has 0 saturated carbocycles. The average molecular weight is 293 g/mol. The summed E-state index contributed by atoms with van der Waals surface area (Å²) in [6.45, 7) is 15.2. The minimum Gasteiger partial charge on any atom is -0.374 e. The fraction of sp³-hybridized carbons (Fsp3) is 1.00. The summed E-state index contributed by atoms with van der Waals surface area (Å²) in [6.07, 6.45) is 0. The summed E-state index contributed by atoms with van der Waals surface area (Å²) < 4.78 is 17.7. The van der Waals surface area contributed by atoms with Crippen molar-refractivity contribution in [2.45, 2.75) is 65.3 Å². The van der Waals surface area contributed by atoms with Gasteiger partial charge in [-0.15, -0.1) is 0 Å². The van der Waals surface area contributed by atoms with E-state index in [1.807, 2.05) is 20.8 Å². The second-order valence-corrected chi connectivity index (χ2v) is 13.3. The molecular weight excluding hydrogens is 260 g/mol. The normalized spacial score (nSPS) is 13.0. The minimum atomic E-state index is -2.40. The molecule has 0 aliphatic carbocycles. The van der Waals surface area contributed by atoms with Crippen LogP contribution < -0.4 is 0 Å². The maximum Gasteiger partial charge on any atom is 0.500 e. The van der Waals surface area contributed by atoms with Gasteiger partial charge in [-0.25, -0.2) is 0 Å². The van der Waals surface area contributed by atoms with Gasteiger partial charge in [0.25, 0.3) is 0 Å². The molecule has 0 amide bonds. The fourth-order valence-corrected chi connectivity index (χ4v) is 8.91. The van der Waals surface area contributed by atoms with Crippen molar-refractivity contribution in [3.63, 3.8) is 0 Å². The summed E-state index contributed by atoms with van der Waals surface area (Å²) in [7, 11) is -3.50. The minimum absolute atomic E-state index is 0.683. The highest BCUT2D eigenvalue weighted by molar-refractivity contribution is 6.80. The number of hydrogen-bond donors (Lipinski definition) is 0. The van der Waals surface area contributed by atoms with Crippen molar-refractivity contribution in [2.24, 2.45) is 0 Å². The molecule has 0 aromatic rings. The lowest BCUT2D eigenvalue weighted by molar-refractivity contribution is 0.0724. The molecule has 0 aliphatic rings. The molecule has 0 bridgehead atoms. The summed E-state index contributed by atoms with van der Waals surface area (Å²) >= 11 is 0. The van der Waals surface area contributed by atoms with Gasteiger partial charge < -0.3 is 13.3 Å². The molecule has 3 nitrogen and oxygen atoms in total. The van der Waals surface area contributed by atoms with Crippen LogP contribution in [-0.4, -0.2) is 36.7 Å². The molecule has 0 heterocycles. The van der Waals surface area contributed by atoms with Crippen molar-refractivity contribution in [3.05, 3.63) is 0 Å². The molecule has 0 N–H and O–H groups in total. The van der Waals surface area contributed by atoms with Crippen LogP contribution in [0.1, 0.15) is 34.6 Å². The van der Waals surface area contributed by atoms with Crippen molar-refractivity contribution in [3.8, 4) is 0 Å². The molecule has 0 rings (SSSR count). The monoisotopic (exact) mass is 292 g/mol. The second-order valence-electron chi connectivity index (χ2n) is 5.00. The van der Waals surface area contributed by atoms with E-state index in [0.29, 0.717) is 19.8 Å². The van der Waals surface area contributed by atoms with Gasteiger partial charge in [0.05, 0.1) is 0 Å². The zero-order chi connectivity index (χ0) is 14.1. The van der Waals surface area contributed by atoms with Crippen LogP contribution in [0.3, 0.4) is 0 Å². The Labute approximate surface area is 116 Å². The Balaban J connectivity index is 4.64. The summed E-state index contributed by atoms with van der Waals surface area (Å²) in [5, 5.41) is 0. The van der Waals surface area contributed by atoms with Crippen molar-refractivity contribution >= 4 is 16.9 Å². The smallest absolute Gasteiger partial charge is 0.374 e. The van der Waals surface area contributed by atoms with Crippen LogP contribution in [0, 0.1) is 0 Å². The van der Waals surface area contributed by atoms with Gasteiger partial charge in [-0.3, -0.25) is 0 Å². The third kappa shape index (κ3) is 5.97. The largest absolute Gasteiger partial charge is 0.500 e. The topological polar surface area (TPSA) is 27.7 Å². The Kier molecular flexibility index (Phi) is 9.42. The molecule has 0 saturated heterocycles. The van der Waals surface area contributed by atoms with E-state index in [2.05, 4.69) is 20.4 Å². The lowest BCUT2D eigenvalue weighted by atomic mass is 10.9. The quantitative estimate of drug-likeness (QED) is 0.535. The van der Waals surface area contributed by atoms with E-state index in [9.17, 15) is 0 Å². The summed E-state index contributed by atoms with van der Waals surface area (Å²) in [5.41, 5.74) is 0. The third-order valence-corrected chi connectivity index (χ3v) is 12.3. The predicted octanol–water partition coefficient (Wildman–Crippen LogP) is 4.15. The van der Waals surface area contributed by atoms with Gasteiger partial charge in [0, 0.05) is 33.9 Å². The summed E-state index contributed by atoms with van der Waals surface area (Å²) in [5.74, 6) is 0.